The first-order valence-corrected chi connectivity index (χ1v) is 10.5. The number of benzene rings is 2. The maximum atomic E-state index is 12.5. The number of carboxylic acids is 1. The Balaban J connectivity index is 1.70. The number of hydrogen-bond donors (Lipinski definition) is 4. The highest BCUT2D eigenvalue weighted by molar-refractivity contribution is 6.35. The summed E-state index contributed by atoms with van der Waals surface area (Å²) in [5, 5.41) is 15.3. The zero-order valence-electron chi connectivity index (χ0n) is 17.1. The molecule has 2 aromatic carbocycles. The fourth-order valence-electron chi connectivity index (χ4n) is 3.13. The van der Waals surface area contributed by atoms with Crippen LogP contribution in [-0.2, 0) is 11.2 Å². The highest BCUT2D eigenvalue weighted by atomic mass is 35.5. The van der Waals surface area contributed by atoms with Crippen LogP contribution in [0.25, 0.3) is 0 Å². The molecular weight excluding hydrogens is 453 g/mol. The molecule has 1 atom stereocenters. The number of aromatic nitrogens is 1. The van der Waals surface area contributed by atoms with Crippen LogP contribution in [0.2, 0.25) is 10.0 Å². The number of pyridine rings is 1. The van der Waals surface area contributed by atoms with E-state index in [2.05, 4.69) is 15.6 Å². The minimum absolute atomic E-state index is 0.0337. The minimum atomic E-state index is -1.06. The van der Waals surface area contributed by atoms with Crippen molar-refractivity contribution in [2.24, 2.45) is 0 Å². The highest BCUT2D eigenvalue weighted by Gasteiger charge is 2.19. The Labute approximate surface area is 194 Å². The summed E-state index contributed by atoms with van der Waals surface area (Å²) >= 11 is 12.1. The summed E-state index contributed by atoms with van der Waals surface area (Å²) in [4.78, 5) is 38.8. The van der Waals surface area contributed by atoms with E-state index in [1.54, 1.807) is 36.4 Å². The molecule has 0 radical (unpaired) electrons. The van der Waals surface area contributed by atoms with Crippen molar-refractivity contribution in [2.75, 3.05) is 5.32 Å². The first-order valence-electron chi connectivity index (χ1n) is 9.73. The van der Waals surface area contributed by atoms with Gasteiger partial charge in [0.05, 0.1) is 12.5 Å². The molecule has 0 spiro atoms. The predicted molar refractivity (Wildman–Crippen MR) is 125 cm³/mol. The lowest BCUT2D eigenvalue weighted by molar-refractivity contribution is -0.137. The first kappa shape index (κ1) is 23.4. The molecule has 1 heterocycles. The molecule has 0 bridgehead atoms. The Kier molecular flexibility index (Phi) is 7.56. The Hall–Kier alpha value is -3.29. The van der Waals surface area contributed by atoms with Gasteiger partial charge >= 0.3 is 12.0 Å². The summed E-state index contributed by atoms with van der Waals surface area (Å²) in [5.41, 5.74) is 2.60. The lowest BCUT2D eigenvalue weighted by Crippen LogP contribution is -2.35. The van der Waals surface area contributed by atoms with Gasteiger partial charge in [-0.15, -0.1) is 0 Å². The normalized spacial score (nSPS) is 11.6. The van der Waals surface area contributed by atoms with Gasteiger partial charge in [0.1, 0.15) is 5.69 Å². The summed E-state index contributed by atoms with van der Waals surface area (Å²) in [6.07, 6.45) is 0.0828. The first-order chi connectivity index (χ1) is 15.2. The smallest absolute Gasteiger partial charge is 0.319 e. The molecule has 1 aromatic heterocycles. The molecule has 0 aliphatic carbocycles. The van der Waals surface area contributed by atoms with Crippen molar-refractivity contribution in [1.29, 1.82) is 0 Å². The minimum Gasteiger partial charge on any atom is -0.481 e. The van der Waals surface area contributed by atoms with E-state index < -0.39 is 23.6 Å². The van der Waals surface area contributed by atoms with Crippen molar-refractivity contribution < 1.29 is 14.7 Å². The van der Waals surface area contributed by atoms with E-state index in [0.29, 0.717) is 27.7 Å². The van der Waals surface area contributed by atoms with Gasteiger partial charge in [0.25, 0.3) is 5.56 Å². The molecule has 7 nitrogen and oxygen atoms in total. The number of aromatic amines is 1. The zero-order chi connectivity index (χ0) is 23.3. The molecule has 4 N–H and O–H groups in total. The number of anilines is 1. The van der Waals surface area contributed by atoms with E-state index in [4.69, 9.17) is 23.2 Å². The van der Waals surface area contributed by atoms with Crippen LogP contribution in [0.3, 0.4) is 0 Å². The SMILES string of the molecule is Cc1ccc([C@H](CC(=O)O)NC(=O)Nc2ccc(Cc3ccc(Cl)cc3Cl)[nH]c2=O)cc1. The molecule has 3 aromatic rings. The molecule has 9 heteroatoms. The Morgan fingerprint density at radius 1 is 1.06 bits per heavy atom. The Morgan fingerprint density at radius 3 is 2.41 bits per heavy atom. The van der Waals surface area contributed by atoms with E-state index in [-0.39, 0.29) is 12.1 Å². The Morgan fingerprint density at radius 2 is 1.78 bits per heavy atom. The lowest BCUT2D eigenvalue weighted by atomic mass is 10.0. The topological polar surface area (TPSA) is 111 Å². The number of H-pyrrole nitrogens is 1. The van der Waals surface area contributed by atoms with Crippen molar-refractivity contribution in [2.45, 2.75) is 25.8 Å². The van der Waals surface area contributed by atoms with Crippen LogP contribution in [0.5, 0.6) is 0 Å². The van der Waals surface area contributed by atoms with Crippen molar-refractivity contribution in [3.05, 3.63) is 97.4 Å². The second-order valence-electron chi connectivity index (χ2n) is 7.30. The standard InChI is InChI=1S/C23H21Cl2N3O4/c1-13-2-4-14(5-3-13)20(12-21(29)30)28-23(32)27-19-9-8-17(26-22(19)31)10-15-6-7-16(24)11-18(15)25/h2-9,11,20H,10,12H2,1H3,(H,26,31)(H,29,30)(H2,27,28,32)/t20-/m0/s1. The number of carbonyl (C=O) groups excluding carboxylic acids is 1. The third-order valence-corrected chi connectivity index (χ3v) is 5.36. The van der Waals surface area contributed by atoms with Gasteiger partial charge in [0.2, 0.25) is 0 Å². The summed E-state index contributed by atoms with van der Waals surface area (Å²) in [7, 11) is 0. The zero-order valence-corrected chi connectivity index (χ0v) is 18.6. The van der Waals surface area contributed by atoms with E-state index >= 15 is 0 Å². The molecule has 0 aliphatic rings. The van der Waals surface area contributed by atoms with Gasteiger partial charge in [-0.1, -0.05) is 59.1 Å². The van der Waals surface area contributed by atoms with Gasteiger partial charge in [-0.25, -0.2) is 4.79 Å². The van der Waals surface area contributed by atoms with Crippen LogP contribution in [0.15, 0.2) is 59.4 Å². The van der Waals surface area contributed by atoms with Crippen LogP contribution in [0.4, 0.5) is 10.5 Å². The Bertz CT molecular complexity index is 1190. The second-order valence-corrected chi connectivity index (χ2v) is 8.14. The number of aryl methyl sites for hydroxylation is 1. The summed E-state index contributed by atoms with van der Waals surface area (Å²) in [6.45, 7) is 1.91. The van der Waals surface area contributed by atoms with Gasteiger partial charge in [-0.3, -0.25) is 9.59 Å². The molecule has 32 heavy (non-hydrogen) atoms. The van der Waals surface area contributed by atoms with Gasteiger partial charge < -0.3 is 20.7 Å². The van der Waals surface area contributed by atoms with Gasteiger partial charge in [-0.2, -0.15) is 0 Å². The number of carbonyl (C=O) groups is 2. The molecule has 0 unspecified atom stereocenters. The van der Waals surface area contributed by atoms with E-state index in [1.807, 2.05) is 19.1 Å². The molecule has 0 aliphatic heterocycles. The lowest BCUT2D eigenvalue weighted by Gasteiger charge is -2.18. The van der Waals surface area contributed by atoms with E-state index in [1.165, 1.54) is 6.07 Å². The monoisotopic (exact) mass is 473 g/mol. The maximum absolute atomic E-state index is 12.5. The molecule has 0 saturated carbocycles. The number of carboxylic acid groups (broad SMARTS) is 1. The average molecular weight is 474 g/mol. The molecule has 0 saturated heterocycles. The highest BCUT2D eigenvalue weighted by Crippen LogP contribution is 2.23. The fourth-order valence-corrected chi connectivity index (χ4v) is 3.60. The fraction of sp³-hybridized carbons (Fsp3) is 0.174. The summed E-state index contributed by atoms with van der Waals surface area (Å²) in [5.74, 6) is -1.06. The number of aliphatic carboxylic acids is 1. The van der Waals surface area contributed by atoms with Gasteiger partial charge in [0, 0.05) is 22.2 Å². The largest absolute Gasteiger partial charge is 0.481 e. The third-order valence-electron chi connectivity index (χ3n) is 4.78. The van der Waals surface area contributed by atoms with Gasteiger partial charge in [0.15, 0.2) is 0 Å². The summed E-state index contributed by atoms with van der Waals surface area (Å²) < 4.78 is 0. The molecule has 2 amide bonds. The number of urea groups is 1. The number of nitrogens with one attached hydrogen (secondary N) is 3. The van der Waals surface area contributed by atoms with Gasteiger partial charge in [-0.05, 0) is 42.3 Å². The van der Waals surface area contributed by atoms with Crippen LogP contribution in [0, 0.1) is 6.92 Å². The number of halogens is 2. The van der Waals surface area contributed by atoms with Crippen LogP contribution in [-0.4, -0.2) is 22.1 Å². The molecule has 3 rings (SSSR count). The molecule has 0 fully saturated rings. The van der Waals surface area contributed by atoms with E-state index in [9.17, 15) is 19.5 Å². The van der Waals surface area contributed by atoms with E-state index in [0.717, 1.165) is 11.1 Å². The number of amides is 2. The van der Waals surface area contributed by atoms with Crippen molar-refractivity contribution in [1.82, 2.24) is 10.3 Å². The average Bonchev–Trinajstić information content (AvgIpc) is 2.72. The number of hydrogen-bond acceptors (Lipinski definition) is 3. The third kappa shape index (κ3) is 6.35. The maximum Gasteiger partial charge on any atom is 0.319 e. The number of rotatable bonds is 7. The quantitative estimate of drug-likeness (QED) is 0.390. The predicted octanol–water partition coefficient (Wildman–Crippen LogP) is 4.92. The van der Waals surface area contributed by atoms with Crippen LogP contribution in [0.1, 0.15) is 34.8 Å². The van der Waals surface area contributed by atoms with Crippen LogP contribution >= 0.6 is 23.2 Å². The molecular formula is C23H21Cl2N3O4. The van der Waals surface area contributed by atoms with Crippen LogP contribution < -0.4 is 16.2 Å². The summed E-state index contributed by atoms with van der Waals surface area (Å²) in [6, 6.07) is 14.0. The van der Waals surface area contributed by atoms with Crippen molar-refractivity contribution in [3.8, 4) is 0 Å². The molecule has 166 valence electrons. The van der Waals surface area contributed by atoms with Crippen molar-refractivity contribution in [3.63, 3.8) is 0 Å². The van der Waals surface area contributed by atoms with Crippen molar-refractivity contribution >= 4 is 40.9 Å². The second kappa shape index (κ2) is 10.3.